The molecule has 1 amide bonds. The maximum absolute atomic E-state index is 12.9. The van der Waals surface area contributed by atoms with Crippen LogP contribution in [0.1, 0.15) is 21.6 Å². The summed E-state index contributed by atoms with van der Waals surface area (Å²) in [5.74, 6) is -0.394. The lowest BCUT2D eigenvalue weighted by molar-refractivity contribution is 0.102. The summed E-state index contributed by atoms with van der Waals surface area (Å²) in [6.45, 7) is 4.47. The van der Waals surface area contributed by atoms with Gasteiger partial charge in [0.1, 0.15) is 5.56 Å². The molecular formula is C20H23N3O3. The van der Waals surface area contributed by atoms with Crippen LogP contribution in [0.5, 0.6) is 0 Å². The van der Waals surface area contributed by atoms with Gasteiger partial charge in [0.15, 0.2) is 0 Å². The number of amides is 1. The van der Waals surface area contributed by atoms with Crippen molar-refractivity contribution in [3.8, 4) is 0 Å². The highest BCUT2D eigenvalue weighted by molar-refractivity contribution is 6.09. The van der Waals surface area contributed by atoms with Crippen LogP contribution < -0.4 is 10.9 Å². The van der Waals surface area contributed by atoms with Crippen LogP contribution in [0.3, 0.4) is 0 Å². The number of hydrogen-bond donors (Lipinski definition) is 1. The molecule has 0 aliphatic rings. The first kappa shape index (κ1) is 17.9. The monoisotopic (exact) mass is 353 g/mol. The minimum atomic E-state index is -0.394. The van der Waals surface area contributed by atoms with Crippen LogP contribution in [0.2, 0.25) is 0 Å². The summed E-state index contributed by atoms with van der Waals surface area (Å²) in [5.41, 5.74) is 3.05. The number of aryl methyl sites for hydroxylation is 3. The molecule has 0 unspecified atom stereocenters. The molecule has 0 atom stereocenters. The number of methoxy groups -OCH3 is 1. The van der Waals surface area contributed by atoms with Gasteiger partial charge in [-0.25, -0.2) is 0 Å². The number of anilines is 1. The lowest BCUT2D eigenvalue weighted by atomic mass is 10.1. The molecule has 2 heterocycles. The lowest BCUT2D eigenvalue weighted by Gasteiger charge is -2.14. The molecule has 3 aromatic rings. The summed E-state index contributed by atoms with van der Waals surface area (Å²) in [7, 11) is 3.54. The van der Waals surface area contributed by atoms with E-state index in [2.05, 4.69) is 5.32 Å². The van der Waals surface area contributed by atoms with Gasteiger partial charge in [-0.1, -0.05) is 6.07 Å². The van der Waals surface area contributed by atoms with Crippen LogP contribution in [0.15, 0.2) is 41.3 Å². The van der Waals surface area contributed by atoms with Crippen LogP contribution in [0, 0.1) is 13.8 Å². The quantitative estimate of drug-likeness (QED) is 0.767. The van der Waals surface area contributed by atoms with Gasteiger partial charge in [0, 0.05) is 43.5 Å². The second kappa shape index (κ2) is 7.17. The molecular weight excluding hydrogens is 330 g/mol. The summed E-state index contributed by atoms with van der Waals surface area (Å²) in [4.78, 5) is 25.7. The topological polar surface area (TPSA) is 65.3 Å². The van der Waals surface area contributed by atoms with E-state index < -0.39 is 5.91 Å². The molecule has 6 nitrogen and oxygen atoms in total. The summed E-state index contributed by atoms with van der Waals surface area (Å²) in [6, 6.07) is 9.52. The van der Waals surface area contributed by atoms with Gasteiger partial charge in [-0.15, -0.1) is 0 Å². The second-order valence-electron chi connectivity index (χ2n) is 6.41. The van der Waals surface area contributed by atoms with Gasteiger partial charge in [0.25, 0.3) is 11.5 Å². The van der Waals surface area contributed by atoms with E-state index in [1.54, 1.807) is 18.6 Å². The summed E-state index contributed by atoms with van der Waals surface area (Å²) in [5, 5.41) is 3.84. The number of carbonyl (C=O) groups excluding carboxylic acids is 1. The molecule has 1 aromatic carbocycles. The first-order chi connectivity index (χ1) is 12.4. The first-order valence-corrected chi connectivity index (χ1v) is 8.49. The molecule has 3 rings (SSSR count). The molecule has 0 aliphatic heterocycles. The number of hydrogen-bond acceptors (Lipinski definition) is 3. The Morgan fingerprint density at radius 2 is 2.00 bits per heavy atom. The minimum Gasteiger partial charge on any atom is -0.383 e. The third-order valence-electron chi connectivity index (χ3n) is 4.63. The highest BCUT2D eigenvalue weighted by Gasteiger charge is 2.18. The number of nitrogens with zero attached hydrogens (tertiary/aromatic N) is 2. The summed E-state index contributed by atoms with van der Waals surface area (Å²) < 4.78 is 8.63. The van der Waals surface area contributed by atoms with Crippen LogP contribution >= 0.6 is 0 Å². The van der Waals surface area contributed by atoms with Gasteiger partial charge in [-0.2, -0.15) is 0 Å². The molecule has 6 heteroatoms. The maximum atomic E-state index is 12.9. The number of rotatable bonds is 5. The normalized spacial score (nSPS) is 11.1. The van der Waals surface area contributed by atoms with Gasteiger partial charge in [0.2, 0.25) is 0 Å². The van der Waals surface area contributed by atoms with E-state index >= 15 is 0 Å². The van der Waals surface area contributed by atoms with Crippen molar-refractivity contribution >= 4 is 22.5 Å². The Bertz CT molecular complexity index is 1030. The van der Waals surface area contributed by atoms with E-state index in [0.717, 1.165) is 16.6 Å². The maximum Gasteiger partial charge on any atom is 0.263 e. The predicted molar refractivity (Wildman–Crippen MR) is 103 cm³/mol. The number of fused-ring (bicyclic) bond motifs is 1. The minimum absolute atomic E-state index is 0.166. The van der Waals surface area contributed by atoms with Gasteiger partial charge >= 0.3 is 0 Å². The molecule has 26 heavy (non-hydrogen) atoms. The van der Waals surface area contributed by atoms with Crippen molar-refractivity contribution in [3.63, 3.8) is 0 Å². The number of nitrogens with one attached hydrogen (secondary N) is 1. The zero-order valence-electron chi connectivity index (χ0n) is 15.5. The van der Waals surface area contributed by atoms with Crippen molar-refractivity contribution in [2.45, 2.75) is 20.4 Å². The van der Waals surface area contributed by atoms with Crippen molar-refractivity contribution in [2.24, 2.45) is 7.05 Å². The Balaban J connectivity index is 2.01. The third-order valence-corrected chi connectivity index (χ3v) is 4.63. The highest BCUT2D eigenvalue weighted by atomic mass is 16.5. The van der Waals surface area contributed by atoms with Crippen molar-refractivity contribution in [1.29, 1.82) is 0 Å². The zero-order chi connectivity index (χ0) is 18.8. The van der Waals surface area contributed by atoms with Gasteiger partial charge < -0.3 is 19.2 Å². The summed E-state index contributed by atoms with van der Waals surface area (Å²) in [6.07, 6.45) is 1.94. The summed E-state index contributed by atoms with van der Waals surface area (Å²) >= 11 is 0. The average Bonchev–Trinajstić information content (AvgIpc) is 2.97. The Hall–Kier alpha value is -2.86. The van der Waals surface area contributed by atoms with Crippen LogP contribution in [0.4, 0.5) is 5.69 Å². The molecule has 0 saturated carbocycles. The Morgan fingerprint density at radius 1 is 1.23 bits per heavy atom. The smallest absolute Gasteiger partial charge is 0.263 e. The molecule has 0 fully saturated rings. The first-order valence-electron chi connectivity index (χ1n) is 8.49. The zero-order valence-corrected chi connectivity index (χ0v) is 15.5. The van der Waals surface area contributed by atoms with E-state index in [-0.39, 0.29) is 11.1 Å². The number of benzene rings is 1. The molecule has 2 aromatic heterocycles. The van der Waals surface area contributed by atoms with Crippen molar-refractivity contribution < 1.29 is 9.53 Å². The number of carbonyl (C=O) groups is 1. The number of ether oxygens (including phenoxy) is 1. The molecule has 0 spiro atoms. The SMILES string of the molecule is COCCn1c(C)cc(C)c(C(=O)Nc2cccc3c2ccn3C)c1=O. The molecule has 1 N–H and O–H groups in total. The fraction of sp³-hybridized carbons (Fsp3) is 0.300. The van der Waals surface area contributed by atoms with E-state index in [9.17, 15) is 9.59 Å². The molecule has 0 saturated heterocycles. The van der Waals surface area contributed by atoms with E-state index in [0.29, 0.717) is 24.4 Å². The Morgan fingerprint density at radius 3 is 2.73 bits per heavy atom. The second-order valence-corrected chi connectivity index (χ2v) is 6.41. The molecule has 0 radical (unpaired) electrons. The van der Waals surface area contributed by atoms with Crippen LogP contribution in [-0.4, -0.2) is 28.8 Å². The molecule has 0 aliphatic carbocycles. The van der Waals surface area contributed by atoms with Gasteiger partial charge in [-0.3, -0.25) is 9.59 Å². The van der Waals surface area contributed by atoms with Crippen LogP contribution in [0.25, 0.3) is 10.9 Å². The number of aromatic nitrogens is 2. The van der Waals surface area contributed by atoms with E-state index in [1.807, 2.05) is 55.1 Å². The molecule has 136 valence electrons. The lowest BCUT2D eigenvalue weighted by Crippen LogP contribution is -2.32. The Labute approximate surface area is 152 Å². The van der Waals surface area contributed by atoms with E-state index in [1.165, 1.54) is 0 Å². The highest BCUT2D eigenvalue weighted by Crippen LogP contribution is 2.24. The fourth-order valence-electron chi connectivity index (χ4n) is 3.26. The standard InChI is InChI=1S/C20H23N3O3/c1-13-12-14(2)23(10-11-26-4)20(25)18(13)19(24)21-16-6-5-7-17-15(16)8-9-22(17)3/h5-9,12H,10-11H2,1-4H3,(H,21,24). The average molecular weight is 353 g/mol. The fourth-order valence-corrected chi connectivity index (χ4v) is 3.26. The Kier molecular flexibility index (Phi) is 4.95. The molecule has 0 bridgehead atoms. The van der Waals surface area contributed by atoms with Gasteiger partial charge in [-0.05, 0) is 43.7 Å². The van der Waals surface area contributed by atoms with Crippen molar-refractivity contribution in [2.75, 3.05) is 19.0 Å². The van der Waals surface area contributed by atoms with Crippen molar-refractivity contribution in [3.05, 3.63) is 63.7 Å². The van der Waals surface area contributed by atoms with E-state index in [4.69, 9.17) is 4.74 Å². The van der Waals surface area contributed by atoms with Gasteiger partial charge in [0.05, 0.1) is 12.3 Å². The largest absolute Gasteiger partial charge is 0.383 e. The van der Waals surface area contributed by atoms with Crippen molar-refractivity contribution in [1.82, 2.24) is 9.13 Å². The number of pyridine rings is 1. The predicted octanol–water partition coefficient (Wildman–Crippen LogP) is 2.86. The third kappa shape index (κ3) is 3.15. The van der Waals surface area contributed by atoms with Crippen LogP contribution in [-0.2, 0) is 18.3 Å².